The number of amides is 3. The Balaban J connectivity index is 2.61. The number of alkyl carbamates (subject to hydrolysis) is 1. The van der Waals surface area contributed by atoms with E-state index in [1.54, 1.807) is 32.9 Å². The van der Waals surface area contributed by atoms with Gasteiger partial charge in [-0.15, -0.1) is 0 Å². The Labute approximate surface area is 237 Å². The molecule has 208 valence electrons. The van der Waals surface area contributed by atoms with Crippen LogP contribution in [0.4, 0.5) is 10.5 Å². The summed E-state index contributed by atoms with van der Waals surface area (Å²) in [6.45, 7) is 16.5. The molecule has 0 radical (unpaired) electrons. The second-order valence-electron chi connectivity index (χ2n) is 11.4. The zero-order chi connectivity index (χ0) is 29.0. The van der Waals surface area contributed by atoms with E-state index in [1.807, 2.05) is 65.8 Å². The third-order valence-corrected chi connectivity index (χ3v) is 6.64. The first kappa shape index (κ1) is 31.5. The van der Waals surface area contributed by atoms with Crippen molar-refractivity contribution >= 4 is 47.8 Å². The highest BCUT2D eigenvalue weighted by atomic mass is 35.5. The second-order valence-corrected chi connectivity index (χ2v) is 12.2. The highest BCUT2D eigenvalue weighted by molar-refractivity contribution is 7.80. The van der Waals surface area contributed by atoms with E-state index >= 15 is 0 Å². The van der Waals surface area contributed by atoms with Crippen LogP contribution in [-0.2, 0) is 14.3 Å². The molecule has 0 saturated carbocycles. The fourth-order valence-corrected chi connectivity index (χ4v) is 4.50. The molecule has 2 aromatic carbocycles. The second kappa shape index (κ2) is 12.4. The molecule has 0 spiro atoms. The van der Waals surface area contributed by atoms with E-state index < -0.39 is 41.1 Å². The minimum absolute atomic E-state index is 0.00947. The standard InChI is InChI=1S/C29H40ClN3O4S/c1-17-13-14-20(15-19(17)3)24(25(34)32-23-18(2)11-10-12-21(23)30)33(28(4,5)6)26(35)22(16-38)31-27(36)37-29(7,8)9/h10-15,22,24,38H,16H2,1-9H3,(H,31,36)(H,32,34). The third-order valence-electron chi connectivity index (χ3n) is 5.96. The summed E-state index contributed by atoms with van der Waals surface area (Å²) in [6, 6.07) is 8.96. The average Bonchev–Trinajstić information content (AvgIpc) is 2.77. The van der Waals surface area contributed by atoms with Crippen LogP contribution in [0.3, 0.4) is 0 Å². The van der Waals surface area contributed by atoms with Crippen LogP contribution in [0.25, 0.3) is 0 Å². The Hall–Kier alpha value is -2.71. The van der Waals surface area contributed by atoms with E-state index in [9.17, 15) is 14.4 Å². The highest BCUT2D eigenvalue weighted by Gasteiger charge is 2.42. The molecule has 7 nitrogen and oxygen atoms in total. The Morgan fingerprint density at radius 2 is 1.61 bits per heavy atom. The smallest absolute Gasteiger partial charge is 0.408 e. The van der Waals surface area contributed by atoms with Gasteiger partial charge in [0.1, 0.15) is 17.7 Å². The molecule has 2 aromatic rings. The summed E-state index contributed by atoms with van der Waals surface area (Å²) in [5, 5.41) is 5.97. The van der Waals surface area contributed by atoms with Crippen molar-refractivity contribution in [2.75, 3.05) is 11.1 Å². The lowest BCUT2D eigenvalue weighted by Gasteiger charge is -2.43. The third kappa shape index (κ3) is 8.14. The zero-order valence-corrected chi connectivity index (χ0v) is 25.4. The summed E-state index contributed by atoms with van der Waals surface area (Å²) in [7, 11) is 0. The van der Waals surface area contributed by atoms with Gasteiger partial charge in [-0.1, -0.05) is 41.9 Å². The molecule has 3 amide bonds. The SMILES string of the molecule is Cc1ccc(C(C(=O)Nc2c(C)cccc2Cl)N(C(=O)C(CS)NC(=O)OC(C)(C)C)C(C)(C)C)cc1C. The first-order valence-electron chi connectivity index (χ1n) is 12.5. The van der Waals surface area contributed by atoms with E-state index in [2.05, 4.69) is 23.3 Å². The summed E-state index contributed by atoms with van der Waals surface area (Å²) in [6.07, 6.45) is -0.738. The van der Waals surface area contributed by atoms with Gasteiger partial charge in [-0.3, -0.25) is 9.59 Å². The zero-order valence-electron chi connectivity index (χ0n) is 23.7. The number of thiol groups is 1. The number of carbonyl (C=O) groups excluding carboxylic acids is 3. The predicted molar refractivity (Wildman–Crippen MR) is 157 cm³/mol. The number of hydrogen-bond donors (Lipinski definition) is 3. The van der Waals surface area contributed by atoms with Gasteiger partial charge in [0.25, 0.3) is 5.91 Å². The molecule has 38 heavy (non-hydrogen) atoms. The first-order chi connectivity index (χ1) is 17.5. The minimum atomic E-state index is -1.03. The fourth-order valence-electron chi connectivity index (χ4n) is 3.98. The largest absolute Gasteiger partial charge is 0.444 e. The molecule has 2 rings (SSSR count). The molecule has 2 atom stereocenters. The van der Waals surface area contributed by atoms with Crippen LogP contribution in [0, 0.1) is 20.8 Å². The monoisotopic (exact) mass is 561 g/mol. The lowest BCUT2D eigenvalue weighted by molar-refractivity contribution is -0.146. The van der Waals surface area contributed by atoms with E-state index in [0.29, 0.717) is 16.3 Å². The van der Waals surface area contributed by atoms with Crippen LogP contribution in [0.2, 0.25) is 5.02 Å². The first-order valence-corrected chi connectivity index (χ1v) is 13.5. The van der Waals surface area contributed by atoms with Crippen LogP contribution in [0.5, 0.6) is 0 Å². The number of benzene rings is 2. The summed E-state index contributed by atoms with van der Waals surface area (Å²) >= 11 is 10.8. The Morgan fingerprint density at radius 3 is 2.11 bits per heavy atom. The Kier molecular flexibility index (Phi) is 10.3. The molecule has 0 fully saturated rings. The topological polar surface area (TPSA) is 87.7 Å². The van der Waals surface area contributed by atoms with E-state index in [-0.39, 0.29) is 5.75 Å². The summed E-state index contributed by atoms with van der Waals surface area (Å²) in [5.74, 6) is -0.884. The van der Waals surface area contributed by atoms with Crippen molar-refractivity contribution in [1.82, 2.24) is 10.2 Å². The van der Waals surface area contributed by atoms with Crippen molar-refractivity contribution in [3.05, 3.63) is 63.7 Å². The van der Waals surface area contributed by atoms with Gasteiger partial charge < -0.3 is 20.3 Å². The van der Waals surface area contributed by atoms with Gasteiger partial charge in [-0.05, 0) is 90.6 Å². The van der Waals surface area contributed by atoms with Gasteiger partial charge in [0.15, 0.2) is 0 Å². The van der Waals surface area contributed by atoms with Gasteiger partial charge in [-0.2, -0.15) is 12.6 Å². The maximum absolute atomic E-state index is 14.1. The van der Waals surface area contributed by atoms with Crippen LogP contribution in [-0.4, -0.2) is 45.7 Å². The number of nitrogens with one attached hydrogen (secondary N) is 2. The van der Waals surface area contributed by atoms with Crippen LogP contribution in [0.1, 0.15) is 69.8 Å². The van der Waals surface area contributed by atoms with Crippen LogP contribution >= 0.6 is 24.2 Å². The molecule has 2 N–H and O–H groups in total. The van der Waals surface area contributed by atoms with E-state index in [1.165, 1.54) is 4.90 Å². The molecular formula is C29H40ClN3O4S. The van der Waals surface area contributed by atoms with Gasteiger partial charge in [-0.25, -0.2) is 4.79 Å². The maximum Gasteiger partial charge on any atom is 0.408 e. The molecule has 0 aliphatic rings. The Morgan fingerprint density at radius 1 is 0.974 bits per heavy atom. The number of halogens is 1. The van der Waals surface area contributed by atoms with Crippen molar-refractivity contribution in [2.24, 2.45) is 0 Å². The summed E-state index contributed by atoms with van der Waals surface area (Å²) in [5.41, 5.74) is 2.38. The molecule has 0 aliphatic carbocycles. The quantitative estimate of drug-likeness (QED) is 0.342. The van der Waals surface area contributed by atoms with Gasteiger partial charge in [0, 0.05) is 11.3 Å². The molecule has 0 bridgehead atoms. The lowest BCUT2D eigenvalue weighted by Crippen LogP contribution is -2.58. The highest BCUT2D eigenvalue weighted by Crippen LogP contribution is 2.34. The molecular weight excluding hydrogens is 522 g/mol. The maximum atomic E-state index is 14.1. The molecule has 2 unspecified atom stereocenters. The average molecular weight is 562 g/mol. The predicted octanol–water partition coefficient (Wildman–Crippen LogP) is 6.40. The molecule has 0 aromatic heterocycles. The number of anilines is 1. The van der Waals surface area contributed by atoms with E-state index in [0.717, 1.165) is 16.7 Å². The molecule has 0 heterocycles. The minimum Gasteiger partial charge on any atom is -0.444 e. The number of hydrogen-bond acceptors (Lipinski definition) is 5. The number of aryl methyl sites for hydroxylation is 3. The Bertz CT molecular complexity index is 1170. The number of carbonyl (C=O) groups is 3. The van der Waals surface area contributed by atoms with Gasteiger partial charge in [0.05, 0.1) is 10.7 Å². The van der Waals surface area contributed by atoms with E-state index in [4.69, 9.17) is 16.3 Å². The van der Waals surface area contributed by atoms with Gasteiger partial charge in [0.2, 0.25) is 5.91 Å². The van der Waals surface area contributed by atoms with Crippen molar-refractivity contribution in [3.63, 3.8) is 0 Å². The van der Waals surface area contributed by atoms with Gasteiger partial charge >= 0.3 is 6.09 Å². The number of rotatable bonds is 7. The van der Waals surface area contributed by atoms with Crippen molar-refractivity contribution < 1.29 is 19.1 Å². The number of ether oxygens (including phenoxy) is 1. The van der Waals surface area contributed by atoms with Crippen molar-refractivity contribution in [1.29, 1.82) is 0 Å². The summed E-state index contributed by atoms with van der Waals surface area (Å²) < 4.78 is 5.36. The fraction of sp³-hybridized carbons (Fsp3) is 0.483. The lowest BCUT2D eigenvalue weighted by atomic mass is 9.93. The number of nitrogens with zero attached hydrogens (tertiary/aromatic N) is 1. The van der Waals surface area contributed by atoms with Crippen molar-refractivity contribution in [3.8, 4) is 0 Å². The summed E-state index contributed by atoms with van der Waals surface area (Å²) in [4.78, 5) is 42.2. The number of para-hydroxylation sites is 1. The van der Waals surface area contributed by atoms with Crippen LogP contribution < -0.4 is 10.6 Å². The van der Waals surface area contributed by atoms with Crippen LogP contribution in [0.15, 0.2) is 36.4 Å². The molecule has 0 saturated heterocycles. The normalized spacial score (nSPS) is 13.3. The molecule has 9 heteroatoms. The molecule has 0 aliphatic heterocycles. The van der Waals surface area contributed by atoms with Crippen molar-refractivity contribution in [2.45, 2.75) is 85.5 Å².